The highest BCUT2D eigenvalue weighted by Crippen LogP contribution is 2.26. The third-order valence-electron chi connectivity index (χ3n) is 3.68. The smallest absolute Gasteiger partial charge is 0.252 e. The van der Waals surface area contributed by atoms with Gasteiger partial charge < -0.3 is 15.2 Å². The SMILES string of the molecule is Cc1noc(CSc2ccccc2C(=O)N[C@H]2CCCNC2)n1.Cl. The van der Waals surface area contributed by atoms with Crippen LogP contribution in [0.5, 0.6) is 0 Å². The van der Waals surface area contributed by atoms with Crippen LogP contribution in [0.15, 0.2) is 33.7 Å². The van der Waals surface area contributed by atoms with Gasteiger partial charge in [-0.3, -0.25) is 4.79 Å². The number of aryl methyl sites for hydroxylation is 1. The van der Waals surface area contributed by atoms with Gasteiger partial charge in [-0.1, -0.05) is 17.3 Å². The van der Waals surface area contributed by atoms with E-state index < -0.39 is 0 Å². The summed E-state index contributed by atoms with van der Waals surface area (Å²) in [6.45, 7) is 3.65. The number of carbonyl (C=O) groups excluding carboxylic acids is 1. The molecule has 1 aromatic carbocycles. The Morgan fingerprint density at radius 3 is 3.00 bits per heavy atom. The van der Waals surface area contributed by atoms with Crippen molar-refractivity contribution < 1.29 is 9.32 Å². The van der Waals surface area contributed by atoms with Crippen molar-refractivity contribution in [1.29, 1.82) is 0 Å². The number of rotatable bonds is 5. The molecule has 1 aromatic heterocycles. The molecular formula is C16H21ClN4O2S. The zero-order valence-corrected chi connectivity index (χ0v) is 15.1. The van der Waals surface area contributed by atoms with E-state index in [9.17, 15) is 4.79 Å². The molecule has 130 valence electrons. The fourth-order valence-corrected chi connectivity index (χ4v) is 3.44. The average Bonchev–Trinajstić information content (AvgIpc) is 2.99. The number of nitrogens with one attached hydrogen (secondary N) is 2. The third-order valence-corrected chi connectivity index (χ3v) is 4.74. The number of piperidine rings is 1. The molecule has 1 amide bonds. The average molecular weight is 369 g/mol. The molecule has 6 nitrogen and oxygen atoms in total. The molecule has 0 saturated carbocycles. The van der Waals surface area contributed by atoms with Gasteiger partial charge >= 0.3 is 0 Å². The molecule has 2 aromatic rings. The van der Waals surface area contributed by atoms with Gasteiger partial charge in [-0.25, -0.2) is 0 Å². The normalized spacial score (nSPS) is 17.1. The van der Waals surface area contributed by atoms with Gasteiger partial charge in [0.2, 0.25) is 5.89 Å². The largest absolute Gasteiger partial charge is 0.348 e. The van der Waals surface area contributed by atoms with Crippen LogP contribution >= 0.6 is 24.2 Å². The number of amides is 1. The lowest BCUT2D eigenvalue weighted by molar-refractivity contribution is 0.0927. The summed E-state index contributed by atoms with van der Waals surface area (Å²) < 4.78 is 5.12. The molecule has 8 heteroatoms. The summed E-state index contributed by atoms with van der Waals surface area (Å²) >= 11 is 1.53. The fraction of sp³-hybridized carbons (Fsp3) is 0.438. The molecule has 0 spiro atoms. The number of carbonyl (C=O) groups is 1. The van der Waals surface area contributed by atoms with E-state index in [2.05, 4.69) is 20.8 Å². The van der Waals surface area contributed by atoms with Crippen LogP contribution in [0, 0.1) is 6.92 Å². The minimum Gasteiger partial charge on any atom is -0.348 e. The quantitative estimate of drug-likeness (QED) is 0.789. The Labute approximate surface area is 151 Å². The van der Waals surface area contributed by atoms with Gasteiger partial charge in [0.25, 0.3) is 5.91 Å². The number of benzene rings is 1. The Hall–Kier alpha value is -1.57. The molecule has 1 atom stereocenters. The molecule has 1 fully saturated rings. The Morgan fingerprint density at radius 2 is 2.29 bits per heavy atom. The van der Waals surface area contributed by atoms with Crippen molar-refractivity contribution in [2.75, 3.05) is 13.1 Å². The first-order valence-electron chi connectivity index (χ1n) is 7.75. The Bertz CT molecular complexity index is 674. The molecule has 3 rings (SSSR count). The van der Waals surface area contributed by atoms with E-state index >= 15 is 0 Å². The van der Waals surface area contributed by atoms with Gasteiger partial charge in [-0.2, -0.15) is 4.98 Å². The molecule has 0 bridgehead atoms. The number of nitrogens with zero attached hydrogens (tertiary/aromatic N) is 2. The van der Waals surface area contributed by atoms with E-state index in [1.165, 1.54) is 11.8 Å². The first kappa shape index (κ1) is 18.8. The number of thioether (sulfide) groups is 1. The minimum atomic E-state index is -0.0245. The van der Waals surface area contributed by atoms with Crippen molar-refractivity contribution in [3.8, 4) is 0 Å². The Balaban J connectivity index is 0.00000208. The molecule has 2 heterocycles. The van der Waals surface area contributed by atoms with Crippen LogP contribution in [0.1, 0.15) is 34.9 Å². The summed E-state index contributed by atoms with van der Waals surface area (Å²) in [7, 11) is 0. The van der Waals surface area contributed by atoms with Crippen LogP contribution in [-0.2, 0) is 5.75 Å². The van der Waals surface area contributed by atoms with Crippen molar-refractivity contribution in [3.63, 3.8) is 0 Å². The maximum Gasteiger partial charge on any atom is 0.252 e. The monoisotopic (exact) mass is 368 g/mol. The van der Waals surface area contributed by atoms with Crippen LogP contribution in [0.2, 0.25) is 0 Å². The van der Waals surface area contributed by atoms with Crippen molar-refractivity contribution in [2.45, 2.75) is 36.5 Å². The lowest BCUT2D eigenvalue weighted by atomic mass is 10.1. The number of hydrogen-bond donors (Lipinski definition) is 2. The minimum absolute atomic E-state index is 0. The van der Waals surface area contributed by atoms with Crippen molar-refractivity contribution in [2.24, 2.45) is 0 Å². The maximum absolute atomic E-state index is 12.5. The van der Waals surface area contributed by atoms with Crippen molar-refractivity contribution in [1.82, 2.24) is 20.8 Å². The number of aromatic nitrogens is 2. The molecule has 0 unspecified atom stereocenters. The molecule has 24 heavy (non-hydrogen) atoms. The summed E-state index contributed by atoms with van der Waals surface area (Å²) in [6, 6.07) is 7.82. The second kappa shape index (κ2) is 9.05. The standard InChI is InChI=1S/C16H20N4O2S.ClH/c1-11-18-15(22-20-11)10-23-14-7-3-2-6-13(14)16(21)19-12-5-4-8-17-9-12;/h2-3,6-7,12,17H,4-5,8-10H2,1H3,(H,19,21);1H/t12-;/m0./s1. The van der Waals surface area contributed by atoms with E-state index in [1.807, 2.05) is 24.3 Å². The summed E-state index contributed by atoms with van der Waals surface area (Å²) in [6.07, 6.45) is 2.12. The topological polar surface area (TPSA) is 80.0 Å². The predicted octanol–water partition coefficient (Wildman–Crippen LogP) is 2.57. The third kappa shape index (κ3) is 4.96. The zero-order chi connectivity index (χ0) is 16.1. The maximum atomic E-state index is 12.5. The van der Waals surface area contributed by atoms with E-state index in [4.69, 9.17) is 4.52 Å². The van der Waals surface area contributed by atoms with Crippen LogP contribution in [-0.4, -0.2) is 35.2 Å². The highest BCUT2D eigenvalue weighted by Gasteiger charge is 2.18. The molecule has 0 radical (unpaired) electrons. The van der Waals surface area contributed by atoms with E-state index in [-0.39, 0.29) is 24.4 Å². The lowest BCUT2D eigenvalue weighted by Crippen LogP contribution is -2.45. The zero-order valence-electron chi connectivity index (χ0n) is 13.4. The first-order valence-corrected chi connectivity index (χ1v) is 8.73. The molecule has 1 saturated heterocycles. The molecule has 1 aliphatic rings. The van der Waals surface area contributed by atoms with Gasteiger partial charge in [-0.05, 0) is 38.4 Å². The van der Waals surface area contributed by atoms with Gasteiger partial charge in [-0.15, -0.1) is 24.2 Å². The van der Waals surface area contributed by atoms with E-state index in [0.717, 1.165) is 30.8 Å². The van der Waals surface area contributed by atoms with Gasteiger partial charge in [0, 0.05) is 17.5 Å². The predicted molar refractivity (Wildman–Crippen MR) is 95.6 cm³/mol. The Kier molecular flexibility index (Phi) is 7.08. The van der Waals surface area contributed by atoms with Crippen LogP contribution in [0.25, 0.3) is 0 Å². The van der Waals surface area contributed by atoms with Crippen LogP contribution in [0.4, 0.5) is 0 Å². The second-order valence-electron chi connectivity index (χ2n) is 5.54. The highest BCUT2D eigenvalue weighted by atomic mass is 35.5. The Morgan fingerprint density at radius 1 is 1.46 bits per heavy atom. The first-order chi connectivity index (χ1) is 11.2. The summed E-state index contributed by atoms with van der Waals surface area (Å²) in [5, 5.41) is 10.2. The van der Waals surface area contributed by atoms with E-state index in [1.54, 1.807) is 6.92 Å². The number of hydrogen-bond acceptors (Lipinski definition) is 6. The highest BCUT2D eigenvalue weighted by molar-refractivity contribution is 7.98. The summed E-state index contributed by atoms with van der Waals surface area (Å²) in [5.41, 5.74) is 0.694. The van der Waals surface area contributed by atoms with Crippen molar-refractivity contribution in [3.05, 3.63) is 41.5 Å². The fourth-order valence-electron chi connectivity index (χ4n) is 2.56. The van der Waals surface area contributed by atoms with E-state index in [0.29, 0.717) is 23.0 Å². The van der Waals surface area contributed by atoms with Crippen LogP contribution < -0.4 is 10.6 Å². The molecule has 0 aliphatic carbocycles. The van der Waals surface area contributed by atoms with Gasteiger partial charge in [0.1, 0.15) is 0 Å². The molecule has 2 N–H and O–H groups in total. The lowest BCUT2D eigenvalue weighted by Gasteiger charge is -2.24. The van der Waals surface area contributed by atoms with Gasteiger partial charge in [0.15, 0.2) is 5.82 Å². The summed E-state index contributed by atoms with van der Waals surface area (Å²) in [4.78, 5) is 17.7. The van der Waals surface area contributed by atoms with Gasteiger partial charge in [0.05, 0.1) is 11.3 Å². The molecule has 1 aliphatic heterocycles. The van der Waals surface area contributed by atoms with Crippen molar-refractivity contribution >= 4 is 30.1 Å². The van der Waals surface area contributed by atoms with Crippen LogP contribution in [0.3, 0.4) is 0 Å². The summed E-state index contributed by atoms with van der Waals surface area (Å²) in [5.74, 6) is 1.72. The number of halogens is 1. The second-order valence-corrected chi connectivity index (χ2v) is 6.55. The molecular weight excluding hydrogens is 348 g/mol.